The normalized spacial score (nSPS) is 11.5. The van der Waals surface area contributed by atoms with Gasteiger partial charge < -0.3 is 11.1 Å². The van der Waals surface area contributed by atoms with Crippen molar-refractivity contribution in [3.63, 3.8) is 0 Å². The lowest BCUT2D eigenvalue weighted by Crippen LogP contribution is -2.23. The molecule has 0 aliphatic rings. The summed E-state index contributed by atoms with van der Waals surface area (Å²) in [7, 11) is 0. The lowest BCUT2D eigenvalue weighted by molar-refractivity contribution is 0.342. The maximum Gasteiger partial charge on any atom is 0.221 e. The third-order valence-electron chi connectivity index (χ3n) is 2.88. The van der Waals surface area contributed by atoms with Crippen LogP contribution in [0, 0.1) is 5.41 Å². The maximum absolute atomic E-state index is 5.53. The molecule has 0 aliphatic heterocycles. The van der Waals surface area contributed by atoms with Crippen LogP contribution in [0.15, 0.2) is 12.3 Å². The van der Waals surface area contributed by atoms with E-state index in [-0.39, 0.29) is 5.41 Å². The quantitative estimate of drug-likeness (QED) is 0.714. The molecule has 0 saturated carbocycles. The second-order valence-corrected chi connectivity index (χ2v) is 5.27. The third kappa shape index (κ3) is 5.52. The van der Waals surface area contributed by atoms with Crippen molar-refractivity contribution < 1.29 is 0 Å². The van der Waals surface area contributed by atoms with Gasteiger partial charge in [0.1, 0.15) is 5.82 Å². The molecule has 4 nitrogen and oxygen atoms in total. The highest BCUT2D eigenvalue weighted by atomic mass is 15.1. The largest absolute Gasteiger partial charge is 0.369 e. The zero-order valence-corrected chi connectivity index (χ0v) is 11.2. The van der Waals surface area contributed by atoms with Gasteiger partial charge >= 0.3 is 0 Å². The van der Waals surface area contributed by atoms with Crippen molar-refractivity contribution in [2.24, 2.45) is 5.41 Å². The van der Waals surface area contributed by atoms with Crippen molar-refractivity contribution in [3.8, 4) is 0 Å². The number of nitrogen functional groups attached to an aromatic ring is 1. The van der Waals surface area contributed by atoms with Crippen LogP contribution in [0.25, 0.3) is 0 Å². The summed E-state index contributed by atoms with van der Waals surface area (Å²) in [4.78, 5) is 8.00. The van der Waals surface area contributed by atoms with Crippen LogP contribution in [0.2, 0.25) is 0 Å². The Bertz CT molecular complexity index is 336. The predicted molar refractivity (Wildman–Crippen MR) is 72.9 cm³/mol. The highest BCUT2D eigenvalue weighted by Gasteiger charge is 2.17. The smallest absolute Gasteiger partial charge is 0.221 e. The minimum atomic E-state index is 0.287. The number of rotatable bonds is 7. The zero-order valence-electron chi connectivity index (χ0n) is 11.2. The molecule has 3 N–H and O–H groups in total. The molecule has 1 rings (SSSR count). The molecule has 17 heavy (non-hydrogen) atoms. The van der Waals surface area contributed by atoms with Gasteiger partial charge in [0.25, 0.3) is 0 Å². The van der Waals surface area contributed by atoms with E-state index in [1.165, 1.54) is 25.7 Å². The van der Waals surface area contributed by atoms with E-state index in [0.717, 1.165) is 12.4 Å². The van der Waals surface area contributed by atoms with E-state index in [2.05, 4.69) is 36.1 Å². The van der Waals surface area contributed by atoms with Crippen LogP contribution >= 0.6 is 0 Å². The van der Waals surface area contributed by atoms with Crippen molar-refractivity contribution in [1.29, 1.82) is 0 Å². The van der Waals surface area contributed by atoms with Crippen LogP contribution in [0.5, 0.6) is 0 Å². The SMILES string of the molecule is CCCCCC(C)(C)CNc1ccnc(N)n1. The van der Waals surface area contributed by atoms with Gasteiger partial charge in [0.2, 0.25) is 5.95 Å². The number of nitrogens with two attached hydrogens (primary N) is 1. The molecule has 1 heterocycles. The molecular weight excluding hydrogens is 212 g/mol. The van der Waals surface area contributed by atoms with Gasteiger partial charge in [-0.25, -0.2) is 4.98 Å². The molecule has 0 fully saturated rings. The molecule has 0 atom stereocenters. The van der Waals surface area contributed by atoms with E-state index < -0.39 is 0 Å². The molecule has 0 spiro atoms. The molecule has 1 aromatic heterocycles. The van der Waals surface area contributed by atoms with E-state index in [1.807, 2.05) is 6.07 Å². The fourth-order valence-electron chi connectivity index (χ4n) is 1.74. The highest BCUT2D eigenvalue weighted by molar-refractivity contribution is 5.37. The zero-order chi connectivity index (χ0) is 12.7. The van der Waals surface area contributed by atoms with Crippen molar-refractivity contribution in [3.05, 3.63) is 12.3 Å². The molecule has 0 amide bonds. The minimum absolute atomic E-state index is 0.287. The van der Waals surface area contributed by atoms with E-state index in [0.29, 0.717) is 5.95 Å². The van der Waals surface area contributed by atoms with E-state index in [1.54, 1.807) is 6.20 Å². The van der Waals surface area contributed by atoms with Gasteiger partial charge in [0, 0.05) is 12.7 Å². The molecule has 0 bridgehead atoms. The van der Waals surface area contributed by atoms with Crippen molar-refractivity contribution in [2.45, 2.75) is 46.5 Å². The number of nitrogens with one attached hydrogen (secondary N) is 1. The monoisotopic (exact) mass is 236 g/mol. The van der Waals surface area contributed by atoms with Crippen molar-refractivity contribution >= 4 is 11.8 Å². The number of unbranched alkanes of at least 4 members (excludes halogenated alkanes) is 2. The summed E-state index contributed by atoms with van der Waals surface area (Å²) in [5.74, 6) is 1.12. The van der Waals surface area contributed by atoms with E-state index in [4.69, 9.17) is 5.73 Å². The minimum Gasteiger partial charge on any atom is -0.369 e. The molecule has 0 saturated heterocycles. The molecule has 96 valence electrons. The van der Waals surface area contributed by atoms with Gasteiger partial charge in [-0.3, -0.25) is 0 Å². The Morgan fingerprint density at radius 3 is 2.76 bits per heavy atom. The molecule has 0 radical (unpaired) electrons. The average Bonchev–Trinajstić information content (AvgIpc) is 2.27. The number of aromatic nitrogens is 2. The van der Waals surface area contributed by atoms with Crippen LogP contribution in [0.3, 0.4) is 0 Å². The second kappa shape index (κ2) is 6.42. The average molecular weight is 236 g/mol. The Morgan fingerprint density at radius 1 is 1.35 bits per heavy atom. The summed E-state index contributed by atoms with van der Waals surface area (Å²) < 4.78 is 0. The number of hydrogen-bond donors (Lipinski definition) is 2. The summed E-state index contributed by atoms with van der Waals surface area (Å²) in [6.07, 6.45) is 6.77. The first-order valence-corrected chi connectivity index (χ1v) is 6.36. The number of nitrogens with zero attached hydrogens (tertiary/aromatic N) is 2. The molecule has 0 unspecified atom stereocenters. The predicted octanol–water partition coefficient (Wildman–Crippen LogP) is 3.08. The molecule has 0 aromatic carbocycles. The standard InChI is InChI=1S/C13H24N4/c1-4-5-6-8-13(2,3)10-16-11-7-9-15-12(14)17-11/h7,9H,4-6,8,10H2,1-3H3,(H3,14,15,16,17). The fourth-order valence-corrected chi connectivity index (χ4v) is 1.74. The second-order valence-electron chi connectivity index (χ2n) is 5.27. The van der Waals surface area contributed by atoms with Crippen LogP contribution < -0.4 is 11.1 Å². The number of hydrogen-bond acceptors (Lipinski definition) is 4. The van der Waals surface area contributed by atoms with E-state index in [9.17, 15) is 0 Å². The van der Waals surface area contributed by atoms with Crippen LogP contribution in [-0.4, -0.2) is 16.5 Å². The Hall–Kier alpha value is -1.32. The summed E-state index contributed by atoms with van der Waals surface area (Å²) >= 11 is 0. The fraction of sp³-hybridized carbons (Fsp3) is 0.692. The first-order chi connectivity index (χ1) is 8.03. The van der Waals surface area contributed by atoms with Crippen LogP contribution in [-0.2, 0) is 0 Å². The van der Waals surface area contributed by atoms with Crippen molar-refractivity contribution in [1.82, 2.24) is 9.97 Å². The third-order valence-corrected chi connectivity index (χ3v) is 2.88. The Morgan fingerprint density at radius 2 is 2.12 bits per heavy atom. The number of anilines is 2. The van der Waals surface area contributed by atoms with Crippen molar-refractivity contribution in [2.75, 3.05) is 17.6 Å². The van der Waals surface area contributed by atoms with Gasteiger partial charge in [-0.1, -0.05) is 40.0 Å². The summed E-state index contributed by atoms with van der Waals surface area (Å²) in [6.45, 7) is 7.70. The van der Waals surface area contributed by atoms with E-state index >= 15 is 0 Å². The van der Waals surface area contributed by atoms with Crippen LogP contribution in [0.1, 0.15) is 46.5 Å². The summed E-state index contributed by atoms with van der Waals surface area (Å²) in [5, 5.41) is 3.32. The lowest BCUT2D eigenvalue weighted by atomic mass is 9.87. The van der Waals surface area contributed by atoms with Gasteiger partial charge in [-0.2, -0.15) is 4.98 Å². The Kier molecular flexibility index (Phi) is 5.19. The topological polar surface area (TPSA) is 63.8 Å². The Labute approximate surface area is 104 Å². The van der Waals surface area contributed by atoms with Gasteiger partial charge in [0.05, 0.1) is 0 Å². The van der Waals surface area contributed by atoms with Crippen LogP contribution in [0.4, 0.5) is 11.8 Å². The summed E-state index contributed by atoms with van der Waals surface area (Å²) in [6, 6.07) is 1.85. The lowest BCUT2D eigenvalue weighted by Gasteiger charge is -2.25. The molecule has 0 aliphatic carbocycles. The molecule has 1 aromatic rings. The maximum atomic E-state index is 5.53. The first kappa shape index (κ1) is 13.7. The van der Waals surface area contributed by atoms with Gasteiger partial charge in [-0.05, 0) is 17.9 Å². The molecular formula is C13H24N4. The molecule has 4 heteroatoms. The first-order valence-electron chi connectivity index (χ1n) is 6.36. The van der Waals surface area contributed by atoms with Gasteiger partial charge in [-0.15, -0.1) is 0 Å². The van der Waals surface area contributed by atoms with Gasteiger partial charge in [0.15, 0.2) is 0 Å². The highest BCUT2D eigenvalue weighted by Crippen LogP contribution is 2.24. The Balaban J connectivity index is 2.38. The summed E-state index contributed by atoms with van der Waals surface area (Å²) in [5.41, 5.74) is 5.82.